The maximum atomic E-state index is 13.6. The van der Waals surface area contributed by atoms with E-state index < -0.39 is 0 Å². The number of hydrogen-bond donors (Lipinski definition) is 2. The molecule has 0 radical (unpaired) electrons. The number of likely N-dealkylation sites (tertiary alicyclic amines) is 1. The van der Waals surface area contributed by atoms with E-state index in [4.69, 9.17) is 21.1 Å². The number of carbonyl (C=O) groups excluding carboxylic acids is 2. The van der Waals surface area contributed by atoms with Crippen molar-refractivity contribution in [3.8, 4) is 11.5 Å². The van der Waals surface area contributed by atoms with E-state index in [-0.39, 0.29) is 30.0 Å². The predicted octanol–water partition coefficient (Wildman–Crippen LogP) is 3.52. The predicted molar refractivity (Wildman–Crippen MR) is 135 cm³/mol. The Balaban J connectivity index is 1.13. The number of ether oxygens (including phenoxy) is 2. The molecule has 0 bridgehead atoms. The molecule has 2 N–H and O–H groups in total. The third-order valence-corrected chi connectivity index (χ3v) is 6.51. The van der Waals surface area contributed by atoms with Gasteiger partial charge in [0.2, 0.25) is 5.91 Å². The third-order valence-electron chi connectivity index (χ3n) is 6.22. The number of rotatable bonds is 10. The molecule has 4 rings (SSSR count). The van der Waals surface area contributed by atoms with E-state index in [1.165, 1.54) is 6.07 Å². The van der Waals surface area contributed by atoms with Gasteiger partial charge in [-0.15, -0.1) is 0 Å². The van der Waals surface area contributed by atoms with E-state index >= 15 is 0 Å². The van der Waals surface area contributed by atoms with Crippen molar-refractivity contribution in [2.24, 2.45) is 5.10 Å². The van der Waals surface area contributed by atoms with Crippen LogP contribution in [0.1, 0.15) is 37.7 Å². The molecule has 0 aliphatic carbocycles. The Morgan fingerprint density at radius 1 is 1.14 bits per heavy atom. The molecule has 2 aromatic carbocycles. The Morgan fingerprint density at radius 3 is 2.67 bits per heavy atom. The van der Waals surface area contributed by atoms with Gasteiger partial charge in [0.05, 0.1) is 17.3 Å². The van der Waals surface area contributed by atoms with Crippen molar-refractivity contribution in [3.05, 3.63) is 58.9 Å². The molecule has 2 aliphatic rings. The highest BCUT2D eigenvalue weighted by molar-refractivity contribution is 6.32. The zero-order valence-corrected chi connectivity index (χ0v) is 20.7. The summed E-state index contributed by atoms with van der Waals surface area (Å²) in [5.74, 6) is 0.179. The van der Waals surface area contributed by atoms with Crippen LogP contribution in [0.25, 0.3) is 0 Å². The van der Waals surface area contributed by atoms with Crippen LogP contribution in [0, 0.1) is 5.82 Å². The molecular formula is C26H30ClFN4O4. The standard InChI is InChI=1S/C26H30ClFN4O4/c27-20-16-18(22-7-9-25(33)31-30-22)6-8-23(20)36-17-26(34)32-13-10-19(11-14-32)29-12-3-15-35-24-5-2-1-4-21(24)28/h1-2,4-6,8,16,19,29H,3,7,9-15,17H2,(H,31,33). The molecule has 2 aromatic rings. The van der Waals surface area contributed by atoms with E-state index in [9.17, 15) is 14.0 Å². The fourth-order valence-corrected chi connectivity index (χ4v) is 4.40. The zero-order chi connectivity index (χ0) is 25.3. The maximum Gasteiger partial charge on any atom is 0.260 e. The molecule has 192 valence electrons. The lowest BCUT2D eigenvalue weighted by atomic mass is 10.0. The van der Waals surface area contributed by atoms with Crippen LogP contribution in [0.2, 0.25) is 5.02 Å². The Labute approximate surface area is 214 Å². The van der Waals surface area contributed by atoms with Gasteiger partial charge >= 0.3 is 0 Å². The van der Waals surface area contributed by atoms with Crippen LogP contribution in [0.4, 0.5) is 4.39 Å². The fraction of sp³-hybridized carbons (Fsp3) is 0.423. The largest absolute Gasteiger partial charge is 0.490 e. The van der Waals surface area contributed by atoms with Gasteiger partial charge in [-0.25, -0.2) is 9.82 Å². The molecular weight excluding hydrogens is 487 g/mol. The quantitative estimate of drug-likeness (QED) is 0.471. The molecule has 36 heavy (non-hydrogen) atoms. The highest BCUT2D eigenvalue weighted by Gasteiger charge is 2.23. The van der Waals surface area contributed by atoms with Gasteiger partial charge in [-0.1, -0.05) is 23.7 Å². The minimum atomic E-state index is -0.351. The SMILES string of the molecule is O=C1CCC(c2ccc(OCC(=O)N3CCC(NCCCOc4ccccc4F)CC3)c(Cl)c2)=NN1. The summed E-state index contributed by atoms with van der Waals surface area (Å²) in [5.41, 5.74) is 4.04. The Hall–Kier alpha value is -3.17. The molecule has 0 spiro atoms. The topological polar surface area (TPSA) is 92.3 Å². The summed E-state index contributed by atoms with van der Waals surface area (Å²) in [6.45, 7) is 2.44. The van der Waals surface area contributed by atoms with Gasteiger partial charge in [0.25, 0.3) is 5.91 Å². The van der Waals surface area contributed by atoms with Gasteiger partial charge in [-0.3, -0.25) is 9.59 Å². The molecule has 0 aromatic heterocycles. The Kier molecular flexibility index (Phi) is 9.13. The minimum absolute atomic E-state index is 0.0775. The van der Waals surface area contributed by atoms with E-state index in [1.54, 1.807) is 35.2 Å². The van der Waals surface area contributed by atoms with Crippen molar-refractivity contribution in [1.82, 2.24) is 15.6 Å². The smallest absolute Gasteiger partial charge is 0.260 e. The van der Waals surface area contributed by atoms with Crippen LogP contribution in [-0.4, -0.2) is 61.3 Å². The molecule has 2 aliphatic heterocycles. The average molecular weight is 517 g/mol. The van der Waals surface area contributed by atoms with Crippen molar-refractivity contribution < 1.29 is 23.5 Å². The molecule has 8 nitrogen and oxygen atoms in total. The van der Waals surface area contributed by atoms with Crippen molar-refractivity contribution >= 4 is 29.1 Å². The van der Waals surface area contributed by atoms with Crippen LogP contribution in [0.15, 0.2) is 47.6 Å². The van der Waals surface area contributed by atoms with E-state index in [0.717, 1.165) is 37.1 Å². The highest BCUT2D eigenvalue weighted by Crippen LogP contribution is 2.27. The monoisotopic (exact) mass is 516 g/mol. The van der Waals surface area contributed by atoms with Crippen LogP contribution in [0.5, 0.6) is 11.5 Å². The summed E-state index contributed by atoms with van der Waals surface area (Å²) < 4.78 is 24.7. The summed E-state index contributed by atoms with van der Waals surface area (Å²) in [5, 5.41) is 7.95. The first-order chi connectivity index (χ1) is 17.5. The number of carbonyl (C=O) groups is 2. The second-order valence-electron chi connectivity index (χ2n) is 8.77. The van der Waals surface area contributed by atoms with Gasteiger partial charge in [0.15, 0.2) is 18.2 Å². The number of amides is 2. The second kappa shape index (κ2) is 12.7. The number of benzene rings is 2. The molecule has 0 unspecified atom stereocenters. The second-order valence-corrected chi connectivity index (χ2v) is 9.18. The normalized spacial score (nSPS) is 16.3. The van der Waals surface area contributed by atoms with E-state index in [2.05, 4.69) is 15.8 Å². The number of hydrazone groups is 1. The molecule has 2 heterocycles. The number of para-hydroxylation sites is 1. The van der Waals surface area contributed by atoms with E-state index in [1.807, 2.05) is 6.07 Å². The number of hydrogen-bond acceptors (Lipinski definition) is 6. The van der Waals surface area contributed by atoms with Gasteiger partial charge in [-0.2, -0.15) is 5.10 Å². The molecule has 10 heteroatoms. The maximum absolute atomic E-state index is 13.6. The molecule has 0 atom stereocenters. The Bertz CT molecular complexity index is 1110. The average Bonchev–Trinajstić information content (AvgIpc) is 2.89. The molecule has 1 saturated heterocycles. The lowest BCUT2D eigenvalue weighted by Crippen LogP contribution is -2.46. The summed E-state index contributed by atoms with van der Waals surface area (Å²) in [4.78, 5) is 25.7. The number of nitrogens with one attached hydrogen (secondary N) is 2. The van der Waals surface area contributed by atoms with Crippen LogP contribution < -0.4 is 20.2 Å². The first-order valence-electron chi connectivity index (χ1n) is 12.2. The number of nitrogens with zero attached hydrogens (tertiary/aromatic N) is 2. The summed E-state index contributed by atoms with van der Waals surface area (Å²) in [6, 6.07) is 12.0. The van der Waals surface area contributed by atoms with Crippen LogP contribution in [0.3, 0.4) is 0 Å². The lowest BCUT2D eigenvalue weighted by Gasteiger charge is -2.32. The van der Waals surface area contributed by atoms with Gasteiger partial charge in [0.1, 0.15) is 5.75 Å². The first-order valence-corrected chi connectivity index (χ1v) is 12.5. The van der Waals surface area contributed by atoms with Crippen LogP contribution >= 0.6 is 11.6 Å². The number of piperidine rings is 1. The molecule has 0 saturated carbocycles. The van der Waals surface area contributed by atoms with E-state index in [0.29, 0.717) is 49.4 Å². The molecule has 1 fully saturated rings. The van der Waals surface area contributed by atoms with Gasteiger partial charge in [-0.05, 0) is 61.7 Å². The summed E-state index contributed by atoms with van der Waals surface area (Å²) in [7, 11) is 0. The lowest BCUT2D eigenvalue weighted by molar-refractivity contribution is -0.134. The highest BCUT2D eigenvalue weighted by atomic mass is 35.5. The van der Waals surface area contributed by atoms with Crippen molar-refractivity contribution in [3.63, 3.8) is 0 Å². The molecule has 2 amide bonds. The van der Waals surface area contributed by atoms with Crippen molar-refractivity contribution in [2.45, 2.75) is 38.1 Å². The summed E-state index contributed by atoms with van der Waals surface area (Å²) in [6.07, 6.45) is 3.41. The summed E-state index contributed by atoms with van der Waals surface area (Å²) >= 11 is 6.35. The third kappa shape index (κ3) is 7.18. The van der Waals surface area contributed by atoms with Crippen molar-refractivity contribution in [1.29, 1.82) is 0 Å². The minimum Gasteiger partial charge on any atom is -0.490 e. The van der Waals surface area contributed by atoms with Gasteiger partial charge in [0, 0.05) is 32.0 Å². The number of halogens is 2. The van der Waals surface area contributed by atoms with Crippen LogP contribution in [-0.2, 0) is 9.59 Å². The Morgan fingerprint density at radius 2 is 1.94 bits per heavy atom. The van der Waals surface area contributed by atoms with Crippen molar-refractivity contribution in [2.75, 3.05) is 32.8 Å². The van der Waals surface area contributed by atoms with Gasteiger partial charge < -0.3 is 19.7 Å². The first kappa shape index (κ1) is 25.9. The zero-order valence-electron chi connectivity index (χ0n) is 20.0. The fourth-order valence-electron chi connectivity index (χ4n) is 4.17.